The van der Waals surface area contributed by atoms with Gasteiger partial charge in [-0.25, -0.2) is 4.79 Å². The number of nitrogens with zero attached hydrogens (tertiary/aromatic N) is 1. The lowest BCUT2D eigenvalue weighted by Crippen LogP contribution is -2.71. The Kier molecular flexibility index (Phi) is 4.30. The topological polar surface area (TPSA) is 55.8 Å². The van der Waals surface area contributed by atoms with E-state index < -0.39 is 11.6 Å². The molecular weight excluding hydrogens is 330 g/mol. The molecule has 0 bridgehead atoms. The molecule has 2 heterocycles. The Morgan fingerprint density at radius 1 is 1.31 bits per heavy atom. The molecule has 0 aromatic heterocycles. The van der Waals surface area contributed by atoms with Crippen LogP contribution in [0.5, 0.6) is 0 Å². The van der Waals surface area contributed by atoms with Gasteiger partial charge in [0.15, 0.2) is 0 Å². The SMILES string of the molecule is CCOC(=O)[C@]1(OC)C[C@H]2CCCC[C@]23c2ccccc2CCN3C1=O. The predicted octanol–water partition coefficient (Wildman–Crippen LogP) is 2.81. The van der Waals surface area contributed by atoms with Gasteiger partial charge in [-0.2, -0.15) is 0 Å². The number of amides is 1. The molecule has 4 rings (SSSR count). The average Bonchev–Trinajstić information content (AvgIpc) is 2.67. The van der Waals surface area contributed by atoms with E-state index in [4.69, 9.17) is 9.47 Å². The van der Waals surface area contributed by atoms with Crippen molar-refractivity contribution in [2.75, 3.05) is 20.3 Å². The quantitative estimate of drug-likeness (QED) is 0.617. The molecule has 0 unspecified atom stereocenters. The van der Waals surface area contributed by atoms with Crippen molar-refractivity contribution in [2.45, 2.75) is 56.6 Å². The lowest BCUT2D eigenvalue weighted by Gasteiger charge is -2.60. The van der Waals surface area contributed by atoms with Gasteiger partial charge in [0, 0.05) is 20.1 Å². The maximum Gasteiger partial charge on any atom is 0.348 e. The van der Waals surface area contributed by atoms with E-state index in [0.717, 1.165) is 32.1 Å². The zero-order valence-corrected chi connectivity index (χ0v) is 15.6. The molecule has 1 saturated heterocycles. The number of fused-ring (bicyclic) bond motifs is 1. The minimum absolute atomic E-state index is 0.208. The van der Waals surface area contributed by atoms with E-state index in [1.54, 1.807) is 6.92 Å². The number of esters is 1. The number of hydrogen-bond acceptors (Lipinski definition) is 4. The fourth-order valence-corrected chi connectivity index (χ4v) is 5.55. The number of carbonyl (C=O) groups is 2. The summed E-state index contributed by atoms with van der Waals surface area (Å²) in [5, 5.41) is 0. The van der Waals surface area contributed by atoms with Crippen LogP contribution in [0.4, 0.5) is 0 Å². The average molecular weight is 357 g/mol. The highest BCUT2D eigenvalue weighted by Crippen LogP contribution is 2.56. The van der Waals surface area contributed by atoms with Gasteiger partial charge in [-0.1, -0.05) is 37.1 Å². The molecule has 0 radical (unpaired) electrons. The van der Waals surface area contributed by atoms with Crippen molar-refractivity contribution in [3.63, 3.8) is 0 Å². The first-order valence-electron chi connectivity index (χ1n) is 9.73. The molecule has 140 valence electrons. The highest BCUT2D eigenvalue weighted by molar-refractivity contribution is 6.07. The molecule has 3 atom stereocenters. The van der Waals surface area contributed by atoms with Gasteiger partial charge in [0.2, 0.25) is 5.60 Å². The highest BCUT2D eigenvalue weighted by Gasteiger charge is 2.64. The van der Waals surface area contributed by atoms with Gasteiger partial charge >= 0.3 is 5.97 Å². The fraction of sp³-hybridized carbons (Fsp3) is 0.619. The van der Waals surface area contributed by atoms with Crippen LogP contribution in [0.1, 0.15) is 50.2 Å². The van der Waals surface area contributed by atoms with Crippen LogP contribution in [-0.2, 0) is 31.0 Å². The first kappa shape index (κ1) is 17.5. The van der Waals surface area contributed by atoms with Gasteiger partial charge in [-0.05, 0) is 43.2 Å². The summed E-state index contributed by atoms with van der Waals surface area (Å²) in [4.78, 5) is 28.3. The standard InChI is InChI=1S/C21H27NO4/c1-3-26-19(24)21(25-2)14-16-9-6-7-12-20(16)17-10-5-4-8-15(17)11-13-22(20)18(21)23/h4-5,8,10,16H,3,6-7,9,11-14H2,1-2H3/t16-,20-,21+/m1/s1. The third-order valence-electron chi connectivity index (χ3n) is 6.68. The number of benzene rings is 1. The summed E-state index contributed by atoms with van der Waals surface area (Å²) in [6.07, 6.45) is 5.42. The summed E-state index contributed by atoms with van der Waals surface area (Å²) in [7, 11) is 1.46. The molecule has 2 aliphatic heterocycles. The summed E-state index contributed by atoms with van der Waals surface area (Å²) in [5.74, 6) is -0.545. The molecule has 1 aromatic carbocycles. The molecule has 3 aliphatic rings. The molecule has 5 nitrogen and oxygen atoms in total. The van der Waals surface area contributed by atoms with Crippen LogP contribution in [0, 0.1) is 5.92 Å². The normalized spacial score (nSPS) is 33.1. The molecule has 5 heteroatoms. The predicted molar refractivity (Wildman–Crippen MR) is 96.5 cm³/mol. The number of methoxy groups -OCH3 is 1. The Morgan fingerprint density at radius 2 is 2.12 bits per heavy atom. The van der Waals surface area contributed by atoms with E-state index in [9.17, 15) is 9.59 Å². The number of ether oxygens (including phenoxy) is 2. The molecule has 1 aromatic rings. The van der Waals surface area contributed by atoms with Crippen LogP contribution >= 0.6 is 0 Å². The van der Waals surface area contributed by atoms with E-state index in [1.807, 2.05) is 4.90 Å². The van der Waals surface area contributed by atoms with Crippen molar-refractivity contribution in [2.24, 2.45) is 5.92 Å². The van der Waals surface area contributed by atoms with Gasteiger partial charge < -0.3 is 14.4 Å². The van der Waals surface area contributed by atoms with Crippen LogP contribution < -0.4 is 0 Å². The zero-order valence-electron chi connectivity index (χ0n) is 15.6. The van der Waals surface area contributed by atoms with Gasteiger partial charge in [0.05, 0.1) is 12.1 Å². The molecule has 1 spiro atoms. The smallest absolute Gasteiger partial charge is 0.348 e. The van der Waals surface area contributed by atoms with Crippen molar-refractivity contribution in [3.8, 4) is 0 Å². The Labute approximate surface area is 154 Å². The third-order valence-corrected chi connectivity index (χ3v) is 6.68. The van der Waals surface area contributed by atoms with Crippen LogP contribution in [-0.4, -0.2) is 42.6 Å². The highest BCUT2D eigenvalue weighted by atomic mass is 16.6. The first-order chi connectivity index (χ1) is 12.6. The van der Waals surface area contributed by atoms with E-state index in [1.165, 1.54) is 18.2 Å². The van der Waals surface area contributed by atoms with E-state index in [-0.39, 0.29) is 24.0 Å². The van der Waals surface area contributed by atoms with Crippen molar-refractivity contribution < 1.29 is 19.1 Å². The lowest BCUT2D eigenvalue weighted by molar-refractivity contribution is -0.203. The summed E-state index contributed by atoms with van der Waals surface area (Å²) < 4.78 is 10.9. The van der Waals surface area contributed by atoms with Crippen molar-refractivity contribution in [3.05, 3.63) is 35.4 Å². The van der Waals surface area contributed by atoms with Gasteiger partial charge in [-0.15, -0.1) is 0 Å². The Morgan fingerprint density at radius 3 is 2.88 bits per heavy atom. The second-order valence-corrected chi connectivity index (χ2v) is 7.69. The monoisotopic (exact) mass is 357 g/mol. The number of carbonyl (C=O) groups excluding carboxylic acids is 2. The first-order valence-corrected chi connectivity index (χ1v) is 9.73. The molecular formula is C21H27NO4. The van der Waals surface area contributed by atoms with Crippen molar-refractivity contribution in [1.29, 1.82) is 0 Å². The second kappa shape index (κ2) is 6.38. The van der Waals surface area contributed by atoms with E-state index >= 15 is 0 Å². The maximum absolute atomic E-state index is 13.6. The Bertz CT molecular complexity index is 732. The maximum atomic E-state index is 13.6. The molecule has 0 N–H and O–H groups in total. The molecule has 2 fully saturated rings. The third kappa shape index (κ3) is 2.19. The minimum atomic E-state index is -1.49. The number of rotatable bonds is 3. The molecule has 1 amide bonds. The number of piperidine rings is 1. The summed E-state index contributed by atoms with van der Waals surface area (Å²) in [6, 6.07) is 8.50. The minimum Gasteiger partial charge on any atom is -0.463 e. The van der Waals surface area contributed by atoms with Crippen molar-refractivity contribution >= 4 is 11.9 Å². The van der Waals surface area contributed by atoms with Gasteiger partial charge in [-0.3, -0.25) is 4.79 Å². The van der Waals surface area contributed by atoms with Crippen molar-refractivity contribution in [1.82, 2.24) is 4.90 Å². The van der Waals surface area contributed by atoms with E-state index in [2.05, 4.69) is 24.3 Å². The van der Waals surface area contributed by atoms with Crippen LogP contribution in [0.15, 0.2) is 24.3 Å². The summed E-state index contributed by atoms with van der Waals surface area (Å²) in [6.45, 7) is 2.64. The number of hydrogen-bond donors (Lipinski definition) is 0. The Balaban J connectivity index is 1.84. The van der Waals surface area contributed by atoms with Gasteiger partial charge in [0.25, 0.3) is 5.91 Å². The fourth-order valence-electron chi connectivity index (χ4n) is 5.55. The van der Waals surface area contributed by atoms with E-state index in [0.29, 0.717) is 13.0 Å². The Hall–Kier alpha value is -1.88. The molecule has 1 aliphatic carbocycles. The zero-order chi connectivity index (χ0) is 18.4. The molecule has 26 heavy (non-hydrogen) atoms. The second-order valence-electron chi connectivity index (χ2n) is 7.69. The van der Waals surface area contributed by atoms with Gasteiger partial charge in [0.1, 0.15) is 0 Å². The molecule has 1 saturated carbocycles. The van der Waals surface area contributed by atoms with Crippen LogP contribution in [0.25, 0.3) is 0 Å². The van der Waals surface area contributed by atoms with Crippen LogP contribution in [0.2, 0.25) is 0 Å². The lowest BCUT2D eigenvalue weighted by atomic mass is 9.59. The summed E-state index contributed by atoms with van der Waals surface area (Å²) in [5.41, 5.74) is 0.828. The summed E-state index contributed by atoms with van der Waals surface area (Å²) >= 11 is 0. The van der Waals surface area contributed by atoms with Crippen LogP contribution in [0.3, 0.4) is 0 Å². The largest absolute Gasteiger partial charge is 0.463 e.